The van der Waals surface area contributed by atoms with E-state index in [-0.39, 0.29) is 11.4 Å². The maximum Gasteiger partial charge on any atom is 0.275 e. The fraction of sp³-hybridized carbons (Fsp3) is 0.190. The summed E-state index contributed by atoms with van der Waals surface area (Å²) in [5.74, 6) is 0.425. The van der Waals surface area contributed by atoms with Crippen LogP contribution in [0.15, 0.2) is 59.4 Å². The minimum absolute atomic E-state index is 0.181. The van der Waals surface area contributed by atoms with Crippen molar-refractivity contribution in [3.63, 3.8) is 0 Å². The van der Waals surface area contributed by atoms with Gasteiger partial charge in [0.1, 0.15) is 23.2 Å². The summed E-state index contributed by atoms with van der Waals surface area (Å²) in [5, 5.41) is 8.40. The number of nitrogens with one attached hydrogen (secondary N) is 1. The fourth-order valence-corrected chi connectivity index (χ4v) is 3.62. The van der Waals surface area contributed by atoms with Crippen molar-refractivity contribution in [3.8, 4) is 5.75 Å². The molecule has 2 aromatic heterocycles. The Bertz CT molecular complexity index is 1190. The number of fused-ring (bicyclic) bond motifs is 1. The van der Waals surface area contributed by atoms with Crippen LogP contribution < -0.4 is 15.6 Å². The molecule has 0 amide bonds. The minimum Gasteiger partial charge on any atom is -0.489 e. The SMILES string of the molecule is CCc1nn2c(=O)cc(CNc3cccc(OCc4ccc(F)cc4)c3)nc2s1. The lowest BCUT2D eigenvalue weighted by Crippen LogP contribution is -2.16. The second-order valence-electron chi connectivity index (χ2n) is 6.43. The van der Waals surface area contributed by atoms with Gasteiger partial charge in [-0.25, -0.2) is 9.37 Å². The number of hydrogen-bond donors (Lipinski definition) is 1. The van der Waals surface area contributed by atoms with Gasteiger partial charge in [0.2, 0.25) is 4.96 Å². The number of hydrogen-bond acceptors (Lipinski definition) is 6. The van der Waals surface area contributed by atoms with Gasteiger partial charge in [0, 0.05) is 17.8 Å². The zero-order valence-corrected chi connectivity index (χ0v) is 16.6. The maximum atomic E-state index is 13.0. The molecule has 29 heavy (non-hydrogen) atoms. The molecule has 0 fully saturated rings. The van der Waals surface area contributed by atoms with Crippen LogP contribution in [-0.4, -0.2) is 14.6 Å². The first-order chi connectivity index (χ1) is 14.1. The molecule has 0 aliphatic heterocycles. The van der Waals surface area contributed by atoms with Crippen molar-refractivity contribution in [2.45, 2.75) is 26.5 Å². The Hall–Kier alpha value is -3.26. The molecular weight excluding hydrogens is 391 g/mol. The number of anilines is 1. The normalized spacial score (nSPS) is 11.0. The van der Waals surface area contributed by atoms with Gasteiger partial charge in [-0.05, 0) is 36.2 Å². The van der Waals surface area contributed by atoms with Crippen molar-refractivity contribution in [1.82, 2.24) is 14.6 Å². The molecular formula is C21H19FN4O2S. The van der Waals surface area contributed by atoms with Crippen molar-refractivity contribution >= 4 is 22.0 Å². The van der Waals surface area contributed by atoms with Gasteiger partial charge in [0.25, 0.3) is 5.56 Å². The molecule has 4 rings (SSSR count). The summed E-state index contributed by atoms with van der Waals surface area (Å²) in [6.45, 7) is 2.76. The van der Waals surface area contributed by atoms with Crippen molar-refractivity contribution in [3.05, 3.63) is 87.0 Å². The molecule has 0 aliphatic carbocycles. The first-order valence-corrected chi connectivity index (χ1v) is 10.0. The molecule has 6 nitrogen and oxygen atoms in total. The molecule has 2 heterocycles. The van der Waals surface area contributed by atoms with Crippen molar-refractivity contribution in [2.24, 2.45) is 0 Å². The monoisotopic (exact) mass is 410 g/mol. The predicted octanol–water partition coefficient (Wildman–Crippen LogP) is 4.04. The Balaban J connectivity index is 1.42. The van der Waals surface area contributed by atoms with Crippen LogP contribution in [0, 0.1) is 5.82 Å². The summed E-state index contributed by atoms with van der Waals surface area (Å²) in [6, 6.07) is 15.2. The molecule has 0 saturated carbocycles. The van der Waals surface area contributed by atoms with E-state index < -0.39 is 0 Å². The van der Waals surface area contributed by atoms with Crippen molar-refractivity contribution in [1.29, 1.82) is 0 Å². The summed E-state index contributed by atoms with van der Waals surface area (Å²) >= 11 is 1.42. The van der Waals surface area contributed by atoms with Gasteiger partial charge in [0.15, 0.2) is 0 Å². The smallest absolute Gasteiger partial charge is 0.275 e. The molecule has 148 valence electrons. The number of halogens is 1. The van der Waals surface area contributed by atoms with Crippen molar-refractivity contribution < 1.29 is 9.13 Å². The quantitative estimate of drug-likeness (QED) is 0.498. The van der Waals surface area contributed by atoms with Gasteiger partial charge >= 0.3 is 0 Å². The third kappa shape index (κ3) is 4.60. The number of benzene rings is 2. The van der Waals surface area contributed by atoms with E-state index in [0.717, 1.165) is 22.7 Å². The molecule has 0 bridgehead atoms. The van der Waals surface area contributed by atoms with Crippen molar-refractivity contribution in [2.75, 3.05) is 5.32 Å². The van der Waals surface area contributed by atoms with E-state index in [2.05, 4.69) is 15.4 Å². The summed E-state index contributed by atoms with van der Waals surface area (Å²) in [7, 11) is 0. The van der Waals surface area contributed by atoms with Gasteiger partial charge in [0.05, 0.1) is 12.2 Å². The average molecular weight is 410 g/mol. The number of rotatable bonds is 7. The first-order valence-electron chi connectivity index (χ1n) is 9.20. The number of aryl methyl sites for hydroxylation is 1. The molecule has 0 saturated heterocycles. The highest BCUT2D eigenvalue weighted by molar-refractivity contribution is 7.16. The lowest BCUT2D eigenvalue weighted by Gasteiger charge is -2.10. The molecule has 0 atom stereocenters. The molecule has 8 heteroatoms. The van der Waals surface area contributed by atoms with Crippen LogP contribution >= 0.6 is 11.3 Å². The number of ether oxygens (including phenoxy) is 1. The summed E-state index contributed by atoms with van der Waals surface area (Å²) < 4.78 is 20.1. The average Bonchev–Trinajstić information content (AvgIpc) is 3.16. The minimum atomic E-state index is -0.268. The molecule has 0 unspecified atom stereocenters. The maximum absolute atomic E-state index is 13.0. The van der Waals surface area contributed by atoms with E-state index >= 15 is 0 Å². The van der Waals surface area contributed by atoms with E-state index in [9.17, 15) is 9.18 Å². The van der Waals surface area contributed by atoms with E-state index in [1.807, 2.05) is 31.2 Å². The zero-order valence-electron chi connectivity index (χ0n) is 15.8. The molecule has 2 aromatic carbocycles. The van der Waals surface area contributed by atoms with Gasteiger partial charge in [-0.15, -0.1) is 0 Å². The highest BCUT2D eigenvalue weighted by atomic mass is 32.1. The lowest BCUT2D eigenvalue weighted by molar-refractivity contribution is 0.306. The highest BCUT2D eigenvalue weighted by Crippen LogP contribution is 2.19. The van der Waals surface area contributed by atoms with Crippen LogP contribution in [0.25, 0.3) is 4.96 Å². The Morgan fingerprint density at radius 2 is 2.00 bits per heavy atom. The van der Waals surface area contributed by atoms with E-state index in [1.165, 1.54) is 34.1 Å². The Morgan fingerprint density at radius 1 is 1.17 bits per heavy atom. The third-order valence-electron chi connectivity index (χ3n) is 4.27. The highest BCUT2D eigenvalue weighted by Gasteiger charge is 2.08. The Kier molecular flexibility index (Phi) is 5.53. The number of aromatic nitrogens is 3. The molecule has 0 aliphatic rings. The third-order valence-corrected chi connectivity index (χ3v) is 5.32. The van der Waals surface area contributed by atoms with Crippen LogP contribution in [0.2, 0.25) is 0 Å². The molecule has 1 N–H and O–H groups in total. The summed E-state index contributed by atoms with van der Waals surface area (Å²) in [5.41, 5.74) is 2.21. The number of nitrogens with zero attached hydrogens (tertiary/aromatic N) is 3. The van der Waals surface area contributed by atoms with Gasteiger partial charge in [-0.2, -0.15) is 9.61 Å². The van der Waals surface area contributed by atoms with Crippen LogP contribution in [-0.2, 0) is 19.6 Å². The van der Waals surface area contributed by atoms with Gasteiger partial charge in [-0.1, -0.05) is 36.5 Å². The first kappa shape index (κ1) is 19.1. The van der Waals surface area contributed by atoms with E-state index in [0.29, 0.717) is 29.6 Å². The van der Waals surface area contributed by atoms with Crippen LogP contribution in [0.4, 0.5) is 10.1 Å². The summed E-state index contributed by atoms with van der Waals surface area (Å²) in [4.78, 5) is 17.4. The fourth-order valence-electron chi connectivity index (χ4n) is 2.77. The van der Waals surface area contributed by atoms with Gasteiger partial charge < -0.3 is 10.1 Å². The predicted molar refractivity (Wildman–Crippen MR) is 111 cm³/mol. The largest absolute Gasteiger partial charge is 0.489 e. The van der Waals surface area contributed by atoms with Crippen LogP contribution in [0.5, 0.6) is 5.75 Å². The van der Waals surface area contributed by atoms with Crippen LogP contribution in [0.1, 0.15) is 23.2 Å². The van der Waals surface area contributed by atoms with Gasteiger partial charge in [-0.3, -0.25) is 4.79 Å². The molecule has 4 aromatic rings. The Morgan fingerprint density at radius 3 is 2.79 bits per heavy atom. The zero-order chi connectivity index (χ0) is 20.2. The molecule has 0 radical (unpaired) electrons. The standard InChI is InChI=1S/C21H19FN4O2S/c1-2-19-25-26-20(27)11-17(24-21(26)29-19)12-23-16-4-3-5-18(10-16)28-13-14-6-8-15(22)9-7-14/h3-11,23H,2,12-13H2,1H3. The van der Waals surface area contributed by atoms with Crippen LogP contribution in [0.3, 0.4) is 0 Å². The van der Waals surface area contributed by atoms with E-state index in [4.69, 9.17) is 4.74 Å². The second-order valence-corrected chi connectivity index (χ2v) is 7.47. The lowest BCUT2D eigenvalue weighted by atomic mass is 10.2. The second kappa shape index (κ2) is 8.40. The topological polar surface area (TPSA) is 68.5 Å². The molecule has 0 spiro atoms. The van der Waals surface area contributed by atoms with E-state index in [1.54, 1.807) is 12.1 Å². The summed E-state index contributed by atoms with van der Waals surface area (Å²) in [6.07, 6.45) is 0.770. The Labute approximate surface area is 170 Å².